The second kappa shape index (κ2) is 8.62. The summed E-state index contributed by atoms with van der Waals surface area (Å²) in [4.78, 5) is 12.4. The number of para-hydroxylation sites is 1. The first-order chi connectivity index (χ1) is 13.5. The van der Waals surface area contributed by atoms with Crippen LogP contribution in [0.2, 0.25) is 0 Å². The number of carbonyl (C=O) groups is 1. The fourth-order valence-corrected chi connectivity index (χ4v) is 3.51. The molecule has 0 aliphatic carbocycles. The van der Waals surface area contributed by atoms with E-state index in [2.05, 4.69) is 16.8 Å². The predicted molar refractivity (Wildman–Crippen MR) is 107 cm³/mol. The van der Waals surface area contributed by atoms with Gasteiger partial charge in [0.15, 0.2) is 16.8 Å². The Morgan fingerprint density at radius 1 is 1.25 bits per heavy atom. The lowest BCUT2D eigenvalue weighted by Crippen LogP contribution is -2.06. The van der Waals surface area contributed by atoms with E-state index in [1.54, 1.807) is 13.2 Å². The molecule has 0 saturated carbocycles. The molecule has 0 atom stereocenters. The predicted octanol–water partition coefficient (Wildman–Crippen LogP) is 3.53. The van der Waals surface area contributed by atoms with Crippen LogP contribution in [0.25, 0.3) is 11.4 Å². The third kappa shape index (κ3) is 4.01. The molecule has 0 aliphatic rings. The molecule has 0 radical (unpaired) electrons. The minimum Gasteiger partial charge on any atom is -0.508 e. The van der Waals surface area contributed by atoms with Crippen LogP contribution in [0.3, 0.4) is 0 Å². The van der Waals surface area contributed by atoms with Gasteiger partial charge in [0.05, 0.1) is 24.0 Å². The van der Waals surface area contributed by atoms with Crippen LogP contribution in [0, 0.1) is 0 Å². The largest absolute Gasteiger partial charge is 0.508 e. The number of phenols is 2. The van der Waals surface area contributed by atoms with E-state index >= 15 is 0 Å². The Bertz CT molecular complexity index is 1020. The number of Topliss-reactive ketones (excluding diaryl/α,β-unsaturated/α-hetero) is 1. The average molecular weight is 397 g/mol. The quantitative estimate of drug-likeness (QED) is 0.341. The molecule has 3 rings (SSSR count). The van der Waals surface area contributed by atoms with E-state index in [4.69, 9.17) is 4.74 Å². The molecule has 0 saturated heterocycles. The Kier molecular flexibility index (Phi) is 6.00. The fourth-order valence-electron chi connectivity index (χ4n) is 2.68. The maximum Gasteiger partial charge on any atom is 0.192 e. The van der Waals surface area contributed by atoms with Crippen LogP contribution in [-0.4, -0.2) is 43.6 Å². The number of ketones is 1. The highest BCUT2D eigenvalue weighted by molar-refractivity contribution is 7.99. The van der Waals surface area contributed by atoms with E-state index in [1.807, 2.05) is 28.8 Å². The summed E-state index contributed by atoms with van der Waals surface area (Å²) in [7, 11) is 1.59. The van der Waals surface area contributed by atoms with Crippen LogP contribution in [0.4, 0.5) is 0 Å². The Hall–Kier alpha value is -3.26. The summed E-state index contributed by atoms with van der Waals surface area (Å²) in [5, 5.41) is 28.2. The van der Waals surface area contributed by atoms with Crippen LogP contribution in [0.5, 0.6) is 17.2 Å². The number of thioether (sulfide) groups is 1. The number of methoxy groups -OCH3 is 1. The molecule has 144 valence electrons. The van der Waals surface area contributed by atoms with Crippen LogP contribution in [-0.2, 0) is 6.54 Å². The number of phenolic OH excluding ortho intramolecular Hbond substituents is 2. The normalized spacial score (nSPS) is 10.6. The van der Waals surface area contributed by atoms with Crippen molar-refractivity contribution in [1.82, 2.24) is 14.8 Å². The van der Waals surface area contributed by atoms with Crippen molar-refractivity contribution in [2.45, 2.75) is 11.7 Å². The smallest absolute Gasteiger partial charge is 0.192 e. The van der Waals surface area contributed by atoms with Crippen LogP contribution in [0.1, 0.15) is 10.4 Å². The molecule has 0 unspecified atom stereocenters. The third-order valence-corrected chi connectivity index (χ3v) is 4.96. The standard InChI is InChI=1S/C20H19N3O4S/c1-3-10-23-19(15-6-4-5-7-18(15)27-2)21-22-20(23)28-12-17(26)14-9-8-13(24)11-16(14)25/h3-9,11,24-25H,1,10,12H2,2H3. The summed E-state index contributed by atoms with van der Waals surface area (Å²) in [6, 6.07) is 11.4. The summed E-state index contributed by atoms with van der Waals surface area (Å²) >= 11 is 1.21. The lowest BCUT2D eigenvalue weighted by atomic mass is 10.1. The number of aromatic nitrogens is 3. The molecular formula is C20H19N3O4S. The maximum atomic E-state index is 12.4. The number of nitrogens with zero attached hydrogens (tertiary/aromatic N) is 3. The Morgan fingerprint density at radius 3 is 2.75 bits per heavy atom. The Labute approximate surface area is 166 Å². The average Bonchev–Trinajstić information content (AvgIpc) is 3.09. The third-order valence-electron chi connectivity index (χ3n) is 3.99. The van der Waals surface area contributed by atoms with Crippen molar-refractivity contribution in [3.05, 3.63) is 60.7 Å². The van der Waals surface area contributed by atoms with Crippen molar-refractivity contribution in [1.29, 1.82) is 0 Å². The number of rotatable bonds is 8. The molecule has 3 aromatic rings. The minimum atomic E-state index is -0.283. The summed E-state index contributed by atoms with van der Waals surface area (Å²) in [5.74, 6) is 0.692. The second-order valence-corrected chi connectivity index (χ2v) is 6.76. The highest BCUT2D eigenvalue weighted by atomic mass is 32.2. The molecule has 7 nitrogen and oxygen atoms in total. The number of ether oxygens (including phenoxy) is 1. The Morgan fingerprint density at radius 2 is 2.04 bits per heavy atom. The van der Waals surface area contributed by atoms with Gasteiger partial charge in [0.25, 0.3) is 0 Å². The summed E-state index contributed by atoms with van der Waals surface area (Å²) in [5.41, 5.74) is 0.929. The summed E-state index contributed by atoms with van der Waals surface area (Å²) in [6.07, 6.45) is 1.72. The fraction of sp³-hybridized carbons (Fsp3) is 0.150. The highest BCUT2D eigenvalue weighted by Crippen LogP contribution is 2.31. The van der Waals surface area contributed by atoms with Gasteiger partial charge in [0.2, 0.25) is 0 Å². The van der Waals surface area contributed by atoms with Gasteiger partial charge < -0.3 is 14.9 Å². The second-order valence-electron chi connectivity index (χ2n) is 5.82. The van der Waals surface area contributed by atoms with Gasteiger partial charge in [0.1, 0.15) is 17.2 Å². The van der Waals surface area contributed by atoms with Crippen LogP contribution >= 0.6 is 11.8 Å². The zero-order valence-electron chi connectivity index (χ0n) is 15.2. The molecule has 0 spiro atoms. The SMILES string of the molecule is C=CCn1c(SCC(=O)c2ccc(O)cc2O)nnc1-c1ccccc1OC. The van der Waals surface area contributed by atoms with Gasteiger partial charge in [-0.15, -0.1) is 16.8 Å². The Balaban J connectivity index is 1.85. The molecular weight excluding hydrogens is 378 g/mol. The number of carbonyl (C=O) groups excluding carboxylic acids is 1. The van der Waals surface area contributed by atoms with E-state index in [9.17, 15) is 15.0 Å². The van der Waals surface area contributed by atoms with Gasteiger partial charge in [-0.3, -0.25) is 9.36 Å². The van der Waals surface area contributed by atoms with E-state index in [0.717, 1.165) is 11.6 Å². The van der Waals surface area contributed by atoms with Crippen molar-refractivity contribution in [3.8, 4) is 28.6 Å². The van der Waals surface area contributed by atoms with Gasteiger partial charge in [-0.1, -0.05) is 30.0 Å². The molecule has 0 bridgehead atoms. The van der Waals surface area contributed by atoms with Crippen molar-refractivity contribution in [2.75, 3.05) is 12.9 Å². The monoisotopic (exact) mass is 397 g/mol. The number of benzene rings is 2. The first-order valence-electron chi connectivity index (χ1n) is 8.40. The van der Waals surface area contributed by atoms with Gasteiger partial charge in [-0.25, -0.2) is 0 Å². The lowest BCUT2D eigenvalue weighted by molar-refractivity contribution is 0.102. The summed E-state index contributed by atoms with van der Waals surface area (Å²) in [6.45, 7) is 4.24. The molecule has 2 aromatic carbocycles. The highest BCUT2D eigenvalue weighted by Gasteiger charge is 2.19. The minimum absolute atomic E-state index is 0.0551. The van der Waals surface area contributed by atoms with Crippen molar-refractivity contribution >= 4 is 17.5 Å². The molecule has 8 heteroatoms. The first-order valence-corrected chi connectivity index (χ1v) is 9.39. The molecule has 1 heterocycles. The van der Waals surface area contributed by atoms with E-state index in [0.29, 0.717) is 23.3 Å². The zero-order valence-corrected chi connectivity index (χ0v) is 16.0. The van der Waals surface area contributed by atoms with Gasteiger partial charge in [0, 0.05) is 12.6 Å². The molecule has 2 N–H and O–H groups in total. The molecule has 1 aromatic heterocycles. The van der Waals surface area contributed by atoms with Crippen LogP contribution in [0.15, 0.2) is 60.3 Å². The number of hydrogen-bond donors (Lipinski definition) is 2. The van der Waals surface area contributed by atoms with Gasteiger partial charge in [-0.2, -0.15) is 0 Å². The van der Waals surface area contributed by atoms with Crippen LogP contribution < -0.4 is 4.74 Å². The first kappa shape index (κ1) is 19.5. The van der Waals surface area contributed by atoms with Crippen molar-refractivity contribution in [2.24, 2.45) is 0 Å². The zero-order chi connectivity index (χ0) is 20.1. The maximum absolute atomic E-state index is 12.4. The molecule has 0 aliphatic heterocycles. The topological polar surface area (TPSA) is 97.5 Å². The van der Waals surface area contributed by atoms with Gasteiger partial charge in [-0.05, 0) is 24.3 Å². The molecule has 0 amide bonds. The van der Waals surface area contributed by atoms with E-state index < -0.39 is 0 Å². The summed E-state index contributed by atoms with van der Waals surface area (Å²) < 4.78 is 7.25. The van der Waals surface area contributed by atoms with Gasteiger partial charge >= 0.3 is 0 Å². The number of aromatic hydroxyl groups is 2. The van der Waals surface area contributed by atoms with E-state index in [1.165, 1.54) is 23.9 Å². The van der Waals surface area contributed by atoms with Crippen molar-refractivity contribution < 1.29 is 19.7 Å². The number of hydrogen-bond acceptors (Lipinski definition) is 7. The molecule has 28 heavy (non-hydrogen) atoms. The molecule has 0 fully saturated rings. The lowest BCUT2D eigenvalue weighted by Gasteiger charge is -2.10. The van der Waals surface area contributed by atoms with Crippen molar-refractivity contribution in [3.63, 3.8) is 0 Å². The number of allylic oxidation sites excluding steroid dienone is 1. The van der Waals surface area contributed by atoms with E-state index in [-0.39, 0.29) is 28.6 Å².